The molecule has 0 bridgehead atoms. The minimum Gasteiger partial charge on any atom is -0.485 e. The summed E-state index contributed by atoms with van der Waals surface area (Å²) < 4.78 is 5.13. The number of ether oxygens (including phenoxy) is 1. The minimum atomic E-state index is 0.100. The van der Waals surface area contributed by atoms with Gasteiger partial charge >= 0.3 is 0 Å². The molecule has 0 amide bonds. The Kier molecular flexibility index (Phi) is 1.39. The molecule has 2 rings (SSSR count). The highest BCUT2D eigenvalue weighted by Crippen LogP contribution is 2.24. The van der Waals surface area contributed by atoms with Gasteiger partial charge in [-0.25, -0.2) is 0 Å². The van der Waals surface area contributed by atoms with Crippen molar-refractivity contribution in [3.63, 3.8) is 0 Å². The first-order chi connectivity index (χ1) is 5.38. The molecule has 1 aromatic rings. The Morgan fingerprint density at radius 2 is 2.45 bits per heavy atom. The van der Waals surface area contributed by atoms with E-state index in [1.54, 1.807) is 18.2 Å². The summed E-state index contributed by atoms with van der Waals surface area (Å²) in [6.45, 7) is 1.52. The van der Waals surface area contributed by atoms with Gasteiger partial charge in [0.2, 0.25) is 0 Å². The SMILES string of the molecule is O=C1C[CH]Oc2cc[c]cc21. The Balaban J connectivity index is 2.52. The van der Waals surface area contributed by atoms with Crippen molar-refractivity contribution in [1.82, 2.24) is 0 Å². The average Bonchev–Trinajstić information content (AvgIpc) is 2.06. The number of hydrogen-bond acceptors (Lipinski definition) is 2. The van der Waals surface area contributed by atoms with Gasteiger partial charge in [0.25, 0.3) is 0 Å². The molecule has 0 unspecified atom stereocenters. The van der Waals surface area contributed by atoms with Gasteiger partial charge in [-0.3, -0.25) is 4.79 Å². The van der Waals surface area contributed by atoms with Crippen LogP contribution in [0.25, 0.3) is 0 Å². The molecule has 0 saturated heterocycles. The van der Waals surface area contributed by atoms with Gasteiger partial charge in [-0.1, -0.05) is 6.07 Å². The molecule has 1 heterocycles. The first-order valence-electron chi connectivity index (χ1n) is 3.39. The van der Waals surface area contributed by atoms with Gasteiger partial charge in [0.15, 0.2) is 5.78 Å². The first-order valence-corrected chi connectivity index (χ1v) is 3.39. The number of carbonyl (C=O) groups is 1. The van der Waals surface area contributed by atoms with Gasteiger partial charge < -0.3 is 4.74 Å². The van der Waals surface area contributed by atoms with Crippen LogP contribution in [-0.4, -0.2) is 5.78 Å². The zero-order valence-electron chi connectivity index (χ0n) is 5.83. The normalized spacial score (nSPS) is 15.5. The molecular formula is C9H6O2. The highest BCUT2D eigenvalue weighted by Gasteiger charge is 2.17. The van der Waals surface area contributed by atoms with Crippen LogP contribution in [0.2, 0.25) is 0 Å². The number of fused-ring (bicyclic) bond motifs is 1. The van der Waals surface area contributed by atoms with Crippen LogP contribution >= 0.6 is 0 Å². The van der Waals surface area contributed by atoms with Crippen molar-refractivity contribution in [2.24, 2.45) is 0 Å². The third kappa shape index (κ3) is 1.00. The molecule has 0 aliphatic carbocycles. The summed E-state index contributed by atoms with van der Waals surface area (Å²) in [6.07, 6.45) is 0.366. The van der Waals surface area contributed by atoms with Crippen molar-refractivity contribution in [2.45, 2.75) is 6.42 Å². The van der Waals surface area contributed by atoms with Crippen LogP contribution in [0.1, 0.15) is 16.8 Å². The number of benzene rings is 1. The predicted molar refractivity (Wildman–Crippen MR) is 39.2 cm³/mol. The number of ketones is 1. The van der Waals surface area contributed by atoms with Gasteiger partial charge in [-0.15, -0.1) is 0 Å². The van der Waals surface area contributed by atoms with Crippen molar-refractivity contribution < 1.29 is 9.53 Å². The zero-order valence-corrected chi connectivity index (χ0v) is 5.83. The van der Waals surface area contributed by atoms with Gasteiger partial charge in [0.05, 0.1) is 12.0 Å². The van der Waals surface area contributed by atoms with E-state index in [1.807, 2.05) is 0 Å². The van der Waals surface area contributed by atoms with Crippen molar-refractivity contribution in [3.05, 3.63) is 36.4 Å². The van der Waals surface area contributed by atoms with Crippen LogP contribution < -0.4 is 4.74 Å². The molecule has 11 heavy (non-hydrogen) atoms. The summed E-state index contributed by atoms with van der Waals surface area (Å²) in [5, 5.41) is 0. The lowest BCUT2D eigenvalue weighted by Crippen LogP contribution is -2.10. The third-order valence-corrected chi connectivity index (χ3v) is 1.60. The fraction of sp³-hybridized carbons (Fsp3) is 0.111. The van der Waals surface area contributed by atoms with Crippen LogP contribution in [0.4, 0.5) is 0 Å². The molecule has 0 saturated carbocycles. The molecule has 0 fully saturated rings. The van der Waals surface area contributed by atoms with Crippen LogP contribution in [-0.2, 0) is 0 Å². The molecule has 0 N–H and O–H groups in total. The molecule has 1 aromatic carbocycles. The lowest BCUT2D eigenvalue weighted by atomic mass is 10.1. The summed E-state index contributed by atoms with van der Waals surface area (Å²) in [7, 11) is 0. The lowest BCUT2D eigenvalue weighted by molar-refractivity contribution is 0.0960. The highest BCUT2D eigenvalue weighted by atomic mass is 16.5. The summed E-state index contributed by atoms with van der Waals surface area (Å²) >= 11 is 0. The summed E-state index contributed by atoms with van der Waals surface area (Å²) in [6, 6.07) is 7.96. The van der Waals surface area contributed by atoms with Crippen LogP contribution in [0, 0.1) is 12.7 Å². The molecule has 0 spiro atoms. The Labute approximate surface area is 64.8 Å². The van der Waals surface area contributed by atoms with Gasteiger partial charge in [-0.05, 0) is 18.2 Å². The maximum Gasteiger partial charge on any atom is 0.170 e. The van der Waals surface area contributed by atoms with Gasteiger partial charge in [0.1, 0.15) is 12.4 Å². The molecular weight excluding hydrogens is 140 g/mol. The maximum atomic E-state index is 11.2. The standard InChI is InChI=1S/C9H6O2/c10-8-5-6-11-9-4-2-1-3-7(8)9/h2-4,6H,5H2. The molecule has 1 aliphatic heterocycles. The Bertz CT molecular complexity index is 291. The molecule has 2 heteroatoms. The fourth-order valence-corrected chi connectivity index (χ4v) is 1.05. The Morgan fingerprint density at radius 3 is 3.27 bits per heavy atom. The first kappa shape index (κ1) is 6.40. The molecule has 2 nitrogen and oxygen atoms in total. The highest BCUT2D eigenvalue weighted by molar-refractivity contribution is 6.00. The van der Waals surface area contributed by atoms with Crippen molar-refractivity contribution in [2.75, 3.05) is 0 Å². The second-order valence-electron chi connectivity index (χ2n) is 2.33. The molecule has 1 aliphatic rings. The van der Waals surface area contributed by atoms with E-state index >= 15 is 0 Å². The largest absolute Gasteiger partial charge is 0.485 e. The number of carbonyl (C=O) groups excluding carboxylic acids is 1. The van der Waals surface area contributed by atoms with E-state index < -0.39 is 0 Å². The van der Waals surface area contributed by atoms with E-state index in [4.69, 9.17) is 4.74 Å². The van der Waals surface area contributed by atoms with E-state index in [2.05, 4.69) is 6.07 Å². The van der Waals surface area contributed by atoms with Crippen LogP contribution in [0.15, 0.2) is 18.2 Å². The van der Waals surface area contributed by atoms with Gasteiger partial charge in [-0.2, -0.15) is 0 Å². The zero-order chi connectivity index (χ0) is 7.68. The molecule has 2 radical (unpaired) electrons. The van der Waals surface area contributed by atoms with E-state index in [-0.39, 0.29) is 5.78 Å². The smallest absolute Gasteiger partial charge is 0.170 e. The van der Waals surface area contributed by atoms with E-state index in [1.165, 1.54) is 6.61 Å². The molecule has 0 atom stereocenters. The van der Waals surface area contributed by atoms with E-state index in [0.29, 0.717) is 17.7 Å². The molecule has 0 aromatic heterocycles. The second-order valence-corrected chi connectivity index (χ2v) is 2.33. The van der Waals surface area contributed by atoms with Crippen molar-refractivity contribution >= 4 is 5.78 Å². The van der Waals surface area contributed by atoms with Crippen LogP contribution in [0.5, 0.6) is 5.75 Å². The van der Waals surface area contributed by atoms with Crippen molar-refractivity contribution in [1.29, 1.82) is 0 Å². The molecule has 54 valence electrons. The van der Waals surface area contributed by atoms with Crippen molar-refractivity contribution in [3.8, 4) is 5.75 Å². The van der Waals surface area contributed by atoms with Crippen LogP contribution in [0.3, 0.4) is 0 Å². The minimum absolute atomic E-state index is 0.100. The topological polar surface area (TPSA) is 26.3 Å². The maximum absolute atomic E-state index is 11.2. The predicted octanol–water partition coefficient (Wildman–Crippen LogP) is 1.61. The Hall–Kier alpha value is -1.31. The third-order valence-electron chi connectivity index (χ3n) is 1.60. The van der Waals surface area contributed by atoms with E-state index in [9.17, 15) is 4.79 Å². The quantitative estimate of drug-likeness (QED) is 0.555. The summed E-state index contributed by atoms with van der Waals surface area (Å²) in [5.41, 5.74) is 0.634. The fourth-order valence-electron chi connectivity index (χ4n) is 1.05. The average molecular weight is 146 g/mol. The number of hydrogen-bond donors (Lipinski definition) is 0. The van der Waals surface area contributed by atoms with Gasteiger partial charge in [0, 0.05) is 0 Å². The number of rotatable bonds is 0. The second kappa shape index (κ2) is 2.38. The summed E-state index contributed by atoms with van der Waals surface area (Å²) in [4.78, 5) is 11.2. The summed E-state index contributed by atoms with van der Waals surface area (Å²) in [5.74, 6) is 0.739. The lowest BCUT2D eigenvalue weighted by Gasteiger charge is -2.13. The number of Topliss-reactive ketones (excluding diaryl/α,β-unsaturated/α-hetero) is 1. The van der Waals surface area contributed by atoms with E-state index in [0.717, 1.165) is 0 Å². The Morgan fingerprint density at radius 1 is 1.55 bits per heavy atom. The monoisotopic (exact) mass is 146 g/mol.